The van der Waals surface area contributed by atoms with Gasteiger partial charge in [-0.15, -0.1) is 0 Å². The van der Waals surface area contributed by atoms with Gasteiger partial charge in [0.05, 0.1) is 6.33 Å². The molecule has 0 unspecified atom stereocenters. The van der Waals surface area contributed by atoms with E-state index in [2.05, 4.69) is 58.7 Å². The molecule has 0 atom stereocenters. The minimum atomic E-state index is 0.263. The molecule has 0 fully saturated rings. The summed E-state index contributed by atoms with van der Waals surface area (Å²) in [5, 5.41) is 10.3. The van der Waals surface area contributed by atoms with E-state index in [-0.39, 0.29) is 5.54 Å². The van der Waals surface area contributed by atoms with Crippen LogP contribution in [0.15, 0.2) is 31.1 Å². The van der Waals surface area contributed by atoms with Gasteiger partial charge in [-0.25, -0.2) is 4.98 Å². The van der Waals surface area contributed by atoms with Crippen LogP contribution in [0.3, 0.4) is 0 Å². The molecule has 0 bridgehead atoms. The molecule has 0 saturated heterocycles. The molecule has 0 aliphatic carbocycles. The van der Waals surface area contributed by atoms with E-state index in [0.717, 1.165) is 32.6 Å². The van der Waals surface area contributed by atoms with Gasteiger partial charge in [-0.3, -0.25) is 0 Å². The monoisotopic (exact) mass is 419 g/mol. The minimum Gasteiger partial charge on any atom is -0.390 e. The summed E-state index contributed by atoms with van der Waals surface area (Å²) >= 11 is 0. The predicted octanol–water partition coefficient (Wildman–Crippen LogP) is 5.60. The van der Waals surface area contributed by atoms with Gasteiger partial charge < -0.3 is 20.5 Å². The second-order valence-electron chi connectivity index (χ2n) is 9.10. The van der Waals surface area contributed by atoms with E-state index in [4.69, 9.17) is 0 Å². The van der Waals surface area contributed by atoms with Crippen LogP contribution in [0.5, 0.6) is 0 Å². The van der Waals surface area contributed by atoms with Gasteiger partial charge in [0.25, 0.3) is 0 Å². The molecule has 0 amide bonds. The first-order valence-electron chi connectivity index (χ1n) is 12.5. The molecule has 5 nitrogen and oxygen atoms in total. The van der Waals surface area contributed by atoms with Gasteiger partial charge in [-0.1, -0.05) is 58.3 Å². The molecular formula is C25H49N5. The maximum atomic E-state index is 4.08. The van der Waals surface area contributed by atoms with Crippen LogP contribution < -0.4 is 16.0 Å². The molecule has 0 aliphatic rings. The van der Waals surface area contributed by atoms with Gasteiger partial charge in [-0.05, 0) is 46.1 Å². The Kier molecular flexibility index (Phi) is 16.2. The van der Waals surface area contributed by atoms with Crippen LogP contribution in [-0.4, -0.2) is 34.7 Å². The molecule has 5 heteroatoms. The zero-order valence-corrected chi connectivity index (χ0v) is 20.1. The zero-order chi connectivity index (χ0) is 21.8. The molecule has 0 saturated carbocycles. The molecule has 0 aromatic carbocycles. The third-order valence-corrected chi connectivity index (χ3v) is 5.85. The lowest BCUT2D eigenvalue weighted by atomic mass is 10.0. The Bertz CT molecular complexity index is 496. The van der Waals surface area contributed by atoms with Crippen molar-refractivity contribution in [2.24, 2.45) is 0 Å². The highest BCUT2D eigenvalue weighted by Gasteiger charge is 2.12. The molecule has 1 heterocycles. The molecule has 0 aliphatic heterocycles. The fourth-order valence-electron chi connectivity index (χ4n) is 3.38. The summed E-state index contributed by atoms with van der Waals surface area (Å²) in [6.45, 7) is 11.1. The smallest absolute Gasteiger partial charge is 0.0945 e. The Balaban J connectivity index is 1.71. The van der Waals surface area contributed by atoms with Crippen molar-refractivity contribution in [2.75, 3.05) is 19.6 Å². The van der Waals surface area contributed by atoms with E-state index in [9.17, 15) is 0 Å². The third kappa shape index (κ3) is 16.3. The zero-order valence-electron chi connectivity index (χ0n) is 20.1. The molecule has 0 spiro atoms. The minimum absolute atomic E-state index is 0.263. The van der Waals surface area contributed by atoms with E-state index in [1.54, 1.807) is 0 Å². The third-order valence-electron chi connectivity index (χ3n) is 5.85. The first-order chi connectivity index (χ1) is 14.6. The highest BCUT2D eigenvalue weighted by molar-refractivity contribution is 4.78. The summed E-state index contributed by atoms with van der Waals surface area (Å²) in [6.07, 6.45) is 25.9. The van der Waals surface area contributed by atoms with E-state index in [0.29, 0.717) is 0 Å². The lowest BCUT2D eigenvalue weighted by Gasteiger charge is -2.24. The number of unbranched alkanes of at least 4 members (excludes halogenated alkanes) is 9. The Morgan fingerprint density at radius 1 is 0.767 bits per heavy atom. The van der Waals surface area contributed by atoms with E-state index >= 15 is 0 Å². The van der Waals surface area contributed by atoms with Gasteiger partial charge in [-0.2, -0.15) is 0 Å². The largest absolute Gasteiger partial charge is 0.390 e. The standard InChI is InChI=1S/C25H49N5/c1-4-25(2,3)29-18-15-17-27-20-19-26-16-13-11-9-7-5-6-8-10-12-14-22-30-23-21-28-24-30/h19-21,23-24,26-27,29H,4-18,22H2,1-3H3/b20-19-. The Hall–Kier alpha value is -1.49. The summed E-state index contributed by atoms with van der Waals surface area (Å²) in [7, 11) is 0. The number of nitrogens with zero attached hydrogens (tertiary/aromatic N) is 2. The molecule has 174 valence electrons. The predicted molar refractivity (Wildman–Crippen MR) is 131 cm³/mol. The van der Waals surface area contributed by atoms with E-state index in [1.807, 2.05) is 18.7 Å². The second-order valence-corrected chi connectivity index (χ2v) is 9.10. The number of aryl methyl sites for hydroxylation is 1. The molecule has 30 heavy (non-hydrogen) atoms. The van der Waals surface area contributed by atoms with Crippen LogP contribution in [0.25, 0.3) is 0 Å². The summed E-state index contributed by atoms with van der Waals surface area (Å²) in [5.74, 6) is 0. The fourth-order valence-corrected chi connectivity index (χ4v) is 3.38. The van der Waals surface area contributed by atoms with Crippen LogP contribution in [-0.2, 0) is 6.54 Å². The lowest BCUT2D eigenvalue weighted by molar-refractivity contribution is 0.374. The number of nitrogens with one attached hydrogen (secondary N) is 3. The van der Waals surface area contributed by atoms with Crippen molar-refractivity contribution in [1.29, 1.82) is 0 Å². The molecule has 1 rings (SSSR count). The molecule has 0 radical (unpaired) electrons. The Morgan fingerprint density at radius 3 is 1.90 bits per heavy atom. The van der Waals surface area contributed by atoms with Gasteiger partial charge >= 0.3 is 0 Å². The normalized spacial score (nSPS) is 12.0. The lowest BCUT2D eigenvalue weighted by Crippen LogP contribution is -2.39. The Morgan fingerprint density at radius 2 is 1.33 bits per heavy atom. The van der Waals surface area contributed by atoms with Crippen molar-refractivity contribution < 1.29 is 0 Å². The van der Waals surface area contributed by atoms with Crippen molar-refractivity contribution in [3.8, 4) is 0 Å². The van der Waals surface area contributed by atoms with Crippen LogP contribution in [0, 0.1) is 0 Å². The summed E-state index contributed by atoms with van der Waals surface area (Å²) < 4.78 is 2.18. The number of hydrogen-bond acceptors (Lipinski definition) is 4. The van der Waals surface area contributed by atoms with Crippen molar-refractivity contribution in [2.45, 2.75) is 110 Å². The molecule has 1 aromatic rings. The van der Waals surface area contributed by atoms with Crippen LogP contribution >= 0.6 is 0 Å². The quantitative estimate of drug-likeness (QED) is 0.227. The van der Waals surface area contributed by atoms with Crippen LogP contribution in [0.1, 0.15) is 97.8 Å². The topological polar surface area (TPSA) is 53.9 Å². The van der Waals surface area contributed by atoms with E-state index < -0.39 is 0 Å². The fraction of sp³-hybridized carbons (Fsp3) is 0.800. The van der Waals surface area contributed by atoms with Crippen molar-refractivity contribution in [3.63, 3.8) is 0 Å². The number of hydrogen-bond donors (Lipinski definition) is 3. The second kappa shape index (κ2) is 18.3. The summed E-state index contributed by atoms with van der Waals surface area (Å²) in [6, 6.07) is 0. The summed E-state index contributed by atoms with van der Waals surface area (Å²) in [5.41, 5.74) is 0.263. The van der Waals surface area contributed by atoms with Crippen molar-refractivity contribution >= 4 is 0 Å². The highest BCUT2D eigenvalue weighted by atomic mass is 15.0. The SMILES string of the molecule is CCC(C)(C)NCCCN/C=C\NCCCCCCCCCCCCn1ccnc1. The number of aromatic nitrogens is 2. The summed E-state index contributed by atoms with van der Waals surface area (Å²) in [4.78, 5) is 4.08. The first-order valence-corrected chi connectivity index (χ1v) is 12.5. The molecular weight excluding hydrogens is 370 g/mol. The van der Waals surface area contributed by atoms with Gasteiger partial charge in [0.1, 0.15) is 0 Å². The van der Waals surface area contributed by atoms with Crippen molar-refractivity contribution in [3.05, 3.63) is 31.1 Å². The first kappa shape index (κ1) is 26.5. The highest BCUT2D eigenvalue weighted by Crippen LogP contribution is 2.11. The average molecular weight is 420 g/mol. The molecule has 1 aromatic heterocycles. The van der Waals surface area contributed by atoms with Gasteiger partial charge in [0, 0.05) is 50.0 Å². The van der Waals surface area contributed by atoms with E-state index in [1.165, 1.54) is 70.6 Å². The van der Waals surface area contributed by atoms with Gasteiger partial charge in [0.15, 0.2) is 0 Å². The Labute approximate surface area is 186 Å². The molecule has 3 N–H and O–H groups in total. The van der Waals surface area contributed by atoms with Crippen LogP contribution in [0.2, 0.25) is 0 Å². The van der Waals surface area contributed by atoms with Crippen molar-refractivity contribution in [1.82, 2.24) is 25.5 Å². The number of imidazole rings is 1. The average Bonchev–Trinajstić information content (AvgIpc) is 3.26. The number of rotatable bonds is 21. The maximum absolute atomic E-state index is 4.08. The van der Waals surface area contributed by atoms with Gasteiger partial charge in [0.2, 0.25) is 0 Å². The van der Waals surface area contributed by atoms with Crippen LogP contribution in [0.4, 0.5) is 0 Å². The maximum Gasteiger partial charge on any atom is 0.0945 e.